The number of amides is 1. The number of hydrogen-bond donors (Lipinski definition) is 3. The monoisotopic (exact) mass is 573 g/mol. The summed E-state index contributed by atoms with van der Waals surface area (Å²) in [5.74, 6) is -0.289. The maximum Gasteiger partial charge on any atom is 0.344 e. The topological polar surface area (TPSA) is 198 Å². The second-order valence-electron chi connectivity index (χ2n) is 9.77. The summed E-state index contributed by atoms with van der Waals surface area (Å²) in [5, 5.41) is 20.4. The summed E-state index contributed by atoms with van der Waals surface area (Å²) in [5.41, 5.74) is 9.56. The number of aliphatic hydroxyl groups excluding tert-OH is 1. The van der Waals surface area contributed by atoms with Crippen molar-refractivity contribution >= 4 is 40.5 Å². The van der Waals surface area contributed by atoms with Gasteiger partial charge in [-0.2, -0.15) is 0 Å². The van der Waals surface area contributed by atoms with Crippen molar-refractivity contribution in [2.75, 3.05) is 19.0 Å². The largest absolute Gasteiger partial charge is 0.482 e. The molecule has 212 valence electrons. The number of likely N-dealkylation sites (N-methyl/N-ethyl adjacent to an activating group) is 1. The molecule has 2 aromatic heterocycles. The lowest BCUT2D eigenvalue weighted by atomic mass is 10.1. The van der Waals surface area contributed by atoms with E-state index in [1.165, 1.54) is 24.3 Å². The average Bonchev–Trinajstić information content (AvgIpc) is 3.47. The van der Waals surface area contributed by atoms with Gasteiger partial charge in [0.1, 0.15) is 35.9 Å². The number of halogens is 1. The number of aliphatic hydroxyl groups is 1. The van der Waals surface area contributed by atoms with Gasteiger partial charge in [0.15, 0.2) is 29.8 Å². The predicted octanol–water partition coefficient (Wildman–Crippen LogP) is 2.50. The van der Waals surface area contributed by atoms with Gasteiger partial charge < -0.3 is 30.0 Å². The number of imidazole rings is 1. The van der Waals surface area contributed by atoms with Crippen molar-refractivity contribution in [2.24, 2.45) is 5.11 Å². The van der Waals surface area contributed by atoms with Crippen LogP contribution in [0.15, 0.2) is 36.0 Å². The number of azide groups is 1. The molecule has 0 spiro atoms. The molecule has 0 aliphatic carbocycles. The van der Waals surface area contributed by atoms with Gasteiger partial charge in [0, 0.05) is 29.1 Å². The summed E-state index contributed by atoms with van der Waals surface area (Å²) in [6.45, 7) is 5.22. The number of aromatic nitrogens is 4. The summed E-state index contributed by atoms with van der Waals surface area (Å²) < 4.78 is 18.2. The molecule has 0 saturated carbocycles. The summed E-state index contributed by atoms with van der Waals surface area (Å²) >= 11 is 6.20. The molecule has 0 unspecified atom stereocenters. The van der Waals surface area contributed by atoms with Gasteiger partial charge in [0.2, 0.25) is 5.91 Å². The Balaban J connectivity index is 1.54. The second-order valence-corrected chi connectivity index (χ2v) is 10.2. The van der Waals surface area contributed by atoms with Crippen molar-refractivity contribution < 1.29 is 28.9 Å². The third-order valence-electron chi connectivity index (χ3n) is 5.80. The Kier molecular flexibility index (Phi) is 8.59. The van der Waals surface area contributed by atoms with E-state index >= 15 is 0 Å². The maximum atomic E-state index is 12.3. The molecule has 3 N–H and O–H groups in total. The first-order valence-electron chi connectivity index (χ1n) is 12.2. The van der Waals surface area contributed by atoms with E-state index in [9.17, 15) is 14.7 Å². The highest BCUT2D eigenvalue weighted by molar-refractivity contribution is 6.30. The molecule has 1 aliphatic rings. The second kappa shape index (κ2) is 11.9. The van der Waals surface area contributed by atoms with Crippen LogP contribution >= 0.6 is 11.6 Å². The number of ether oxygens (including phenoxy) is 3. The number of hydrogen-bond acceptors (Lipinski definition) is 11. The zero-order valence-electron chi connectivity index (χ0n) is 22.1. The number of nitrogens with one attached hydrogen (secondary N) is 2. The molecule has 4 rings (SSSR count). The first-order chi connectivity index (χ1) is 19.0. The molecule has 1 fully saturated rings. The zero-order chi connectivity index (χ0) is 29.0. The summed E-state index contributed by atoms with van der Waals surface area (Å²) in [4.78, 5) is 40.0. The van der Waals surface area contributed by atoms with Crippen molar-refractivity contribution in [3.63, 3.8) is 0 Å². The maximum absolute atomic E-state index is 12.3. The molecule has 3 aromatic rings. The Morgan fingerprint density at radius 3 is 2.77 bits per heavy atom. The van der Waals surface area contributed by atoms with Crippen LogP contribution in [-0.2, 0) is 25.6 Å². The lowest BCUT2D eigenvalue weighted by Gasteiger charge is -2.20. The van der Waals surface area contributed by atoms with Crippen molar-refractivity contribution in [3.8, 4) is 5.75 Å². The van der Waals surface area contributed by atoms with Gasteiger partial charge in [-0.3, -0.25) is 9.36 Å². The van der Waals surface area contributed by atoms with E-state index in [4.69, 9.17) is 31.3 Å². The minimum absolute atomic E-state index is 0.198. The van der Waals surface area contributed by atoms with Crippen LogP contribution in [0.25, 0.3) is 21.6 Å². The molecular formula is C24H28ClN9O6. The number of esters is 1. The van der Waals surface area contributed by atoms with Crippen LogP contribution in [0.2, 0.25) is 5.02 Å². The molecule has 0 radical (unpaired) electrons. The van der Waals surface area contributed by atoms with E-state index in [-0.39, 0.29) is 13.2 Å². The van der Waals surface area contributed by atoms with E-state index in [1.807, 2.05) is 0 Å². The average molecular weight is 574 g/mol. The molecule has 1 aliphatic heterocycles. The molecule has 40 heavy (non-hydrogen) atoms. The first kappa shape index (κ1) is 28.8. The molecule has 1 saturated heterocycles. The van der Waals surface area contributed by atoms with Crippen molar-refractivity contribution in [1.82, 2.24) is 24.8 Å². The van der Waals surface area contributed by atoms with Crippen LogP contribution in [0.3, 0.4) is 0 Å². The zero-order valence-corrected chi connectivity index (χ0v) is 22.9. The van der Waals surface area contributed by atoms with E-state index < -0.39 is 42.0 Å². The molecule has 1 amide bonds. The van der Waals surface area contributed by atoms with Crippen molar-refractivity contribution in [2.45, 2.75) is 57.4 Å². The Morgan fingerprint density at radius 2 is 2.08 bits per heavy atom. The smallest absolute Gasteiger partial charge is 0.344 e. The fraction of sp³-hybridized carbons (Fsp3) is 0.458. The third kappa shape index (κ3) is 6.34. The van der Waals surface area contributed by atoms with E-state index in [0.29, 0.717) is 33.3 Å². The highest BCUT2D eigenvalue weighted by Gasteiger charge is 2.48. The SMILES string of the molecule is CNC(=O)[C@H]1O[C@@H](n2cnc3c(NCc4cc(Cl)ccc4OCC(=O)OC(C)(C)C)ncnc32)[C@H](O)[C@@H]1N=[N+]=[N-]. The molecule has 4 atom stereocenters. The quantitative estimate of drug-likeness (QED) is 0.148. The van der Waals surface area contributed by atoms with Crippen LogP contribution in [0, 0.1) is 0 Å². The van der Waals surface area contributed by atoms with Gasteiger partial charge in [0.25, 0.3) is 0 Å². The summed E-state index contributed by atoms with van der Waals surface area (Å²) in [7, 11) is 1.41. The Hall–Kier alpha value is -4.17. The fourth-order valence-corrected chi connectivity index (χ4v) is 4.31. The predicted molar refractivity (Wildman–Crippen MR) is 142 cm³/mol. The number of anilines is 1. The standard InChI is InChI=1S/C24H28ClN9O6/c1-24(2,3)40-15(35)9-38-14-6-5-13(25)7-12(14)8-28-20-17-21(30-10-29-20)34(11-31-17)23-18(36)16(32-33-26)19(39-23)22(37)27-4/h5-7,10-11,16,18-19,23,36H,8-9H2,1-4H3,(H,27,37)(H,28,29,30)/t16-,18+,19-,23+/m0/s1. The van der Waals surface area contributed by atoms with Gasteiger partial charge in [-0.05, 0) is 44.5 Å². The van der Waals surface area contributed by atoms with Gasteiger partial charge in [-0.15, -0.1) is 0 Å². The lowest BCUT2D eigenvalue weighted by molar-refractivity contribution is -0.157. The normalized spacial score (nSPS) is 20.6. The Morgan fingerprint density at radius 1 is 1.30 bits per heavy atom. The minimum Gasteiger partial charge on any atom is -0.482 e. The third-order valence-corrected chi connectivity index (χ3v) is 6.03. The molecule has 0 bridgehead atoms. The number of carbonyl (C=O) groups excluding carboxylic acids is 2. The molecule has 15 nitrogen and oxygen atoms in total. The van der Waals surface area contributed by atoms with Gasteiger partial charge >= 0.3 is 5.97 Å². The number of fused-ring (bicyclic) bond motifs is 1. The number of rotatable bonds is 9. The lowest BCUT2D eigenvalue weighted by Crippen LogP contribution is -2.40. The van der Waals surface area contributed by atoms with Crippen molar-refractivity contribution in [3.05, 3.63) is 51.9 Å². The Bertz CT molecular complexity index is 1450. The number of benzene rings is 1. The molecule has 1 aromatic carbocycles. The number of carbonyl (C=O) groups is 2. The van der Waals surface area contributed by atoms with E-state index in [2.05, 4.69) is 35.6 Å². The van der Waals surface area contributed by atoms with Crippen LogP contribution in [0.1, 0.15) is 32.6 Å². The van der Waals surface area contributed by atoms with Crippen LogP contribution < -0.4 is 15.4 Å². The van der Waals surface area contributed by atoms with Gasteiger partial charge in [-0.1, -0.05) is 16.7 Å². The summed E-state index contributed by atoms with van der Waals surface area (Å²) in [6.07, 6.45) is -0.986. The van der Waals surface area contributed by atoms with Gasteiger partial charge in [-0.25, -0.2) is 19.7 Å². The fourth-order valence-electron chi connectivity index (χ4n) is 4.12. The van der Waals surface area contributed by atoms with Crippen LogP contribution in [0.5, 0.6) is 5.75 Å². The summed E-state index contributed by atoms with van der Waals surface area (Å²) in [6, 6.07) is 3.82. The molecule has 16 heteroatoms. The van der Waals surface area contributed by atoms with Crippen LogP contribution in [0.4, 0.5) is 5.82 Å². The van der Waals surface area contributed by atoms with Crippen molar-refractivity contribution in [1.29, 1.82) is 0 Å². The van der Waals surface area contributed by atoms with Crippen LogP contribution in [-0.4, -0.2) is 74.0 Å². The highest BCUT2D eigenvalue weighted by atomic mass is 35.5. The highest BCUT2D eigenvalue weighted by Crippen LogP contribution is 2.34. The molecule has 3 heterocycles. The van der Waals surface area contributed by atoms with Gasteiger partial charge in [0.05, 0.1) is 6.33 Å². The first-order valence-corrected chi connectivity index (χ1v) is 12.5. The van der Waals surface area contributed by atoms with E-state index in [0.717, 1.165) is 0 Å². The van der Waals surface area contributed by atoms with E-state index in [1.54, 1.807) is 39.0 Å². The number of nitrogens with zero attached hydrogens (tertiary/aromatic N) is 7. The molecular weight excluding hydrogens is 546 g/mol. The Labute approximate surface area is 233 Å². The minimum atomic E-state index is -1.35.